The minimum absolute atomic E-state index is 0.252. The molecule has 1 aliphatic heterocycles. The van der Waals surface area contributed by atoms with Crippen LogP contribution in [0.5, 0.6) is 5.75 Å². The number of aromatic hydroxyl groups is 1. The van der Waals surface area contributed by atoms with Gasteiger partial charge < -0.3 is 10.0 Å². The second-order valence-electron chi connectivity index (χ2n) is 5.97. The van der Waals surface area contributed by atoms with E-state index in [9.17, 15) is 5.11 Å². The molecule has 118 valence electrons. The summed E-state index contributed by atoms with van der Waals surface area (Å²) in [5, 5.41) is 11.9. The normalized spacial score (nSPS) is 16.1. The molecule has 1 saturated heterocycles. The van der Waals surface area contributed by atoms with E-state index >= 15 is 0 Å². The van der Waals surface area contributed by atoms with Crippen LogP contribution in [-0.2, 0) is 0 Å². The topological polar surface area (TPSA) is 62.1 Å². The lowest BCUT2D eigenvalue weighted by Crippen LogP contribution is -2.33. The maximum atomic E-state index is 9.77. The highest BCUT2D eigenvalue weighted by molar-refractivity contribution is 7.11. The van der Waals surface area contributed by atoms with Gasteiger partial charge >= 0.3 is 0 Å². The zero-order valence-corrected chi connectivity index (χ0v) is 13.8. The molecule has 1 aliphatic rings. The van der Waals surface area contributed by atoms with Crippen LogP contribution in [0.1, 0.15) is 28.6 Å². The Morgan fingerprint density at radius 2 is 2.00 bits per heavy atom. The molecule has 0 aliphatic carbocycles. The molecule has 0 bridgehead atoms. The van der Waals surface area contributed by atoms with Crippen molar-refractivity contribution in [2.75, 3.05) is 18.0 Å². The molecule has 6 heteroatoms. The fourth-order valence-electron chi connectivity index (χ4n) is 3.18. The first-order valence-corrected chi connectivity index (χ1v) is 8.63. The number of benzene rings is 1. The molecule has 5 nitrogen and oxygen atoms in total. The maximum absolute atomic E-state index is 9.77. The SMILES string of the molecule is Cc1cnc(C2CCN(c3ncnc4ccc(O)cc34)CC2)s1. The molecular weight excluding hydrogens is 308 g/mol. The van der Waals surface area contributed by atoms with Crippen molar-refractivity contribution in [3.8, 4) is 5.75 Å². The molecule has 0 radical (unpaired) electrons. The largest absolute Gasteiger partial charge is 0.508 e. The van der Waals surface area contributed by atoms with Crippen molar-refractivity contribution in [2.24, 2.45) is 0 Å². The Morgan fingerprint density at radius 3 is 2.74 bits per heavy atom. The summed E-state index contributed by atoms with van der Waals surface area (Å²) in [4.78, 5) is 16.9. The number of aromatic nitrogens is 3. The van der Waals surface area contributed by atoms with E-state index in [1.54, 1.807) is 18.5 Å². The zero-order chi connectivity index (χ0) is 15.8. The highest BCUT2D eigenvalue weighted by Crippen LogP contribution is 2.34. The average Bonchev–Trinajstić information content (AvgIpc) is 3.01. The van der Waals surface area contributed by atoms with Crippen molar-refractivity contribution < 1.29 is 5.11 Å². The summed E-state index contributed by atoms with van der Waals surface area (Å²) in [5.74, 6) is 1.72. The number of thiazole rings is 1. The Hall–Kier alpha value is -2.21. The van der Waals surface area contributed by atoms with E-state index in [0.29, 0.717) is 5.92 Å². The van der Waals surface area contributed by atoms with Gasteiger partial charge in [-0.3, -0.25) is 0 Å². The van der Waals surface area contributed by atoms with Crippen LogP contribution >= 0.6 is 11.3 Å². The smallest absolute Gasteiger partial charge is 0.140 e. The van der Waals surface area contributed by atoms with Gasteiger partial charge in [0.2, 0.25) is 0 Å². The van der Waals surface area contributed by atoms with E-state index in [4.69, 9.17) is 0 Å². The Labute approximate surface area is 138 Å². The predicted molar refractivity (Wildman–Crippen MR) is 92.2 cm³/mol. The van der Waals surface area contributed by atoms with Gasteiger partial charge in [0.15, 0.2) is 0 Å². The number of hydrogen-bond acceptors (Lipinski definition) is 6. The molecule has 23 heavy (non-hydrogen) atoms. The van der Waals surface area contributed by atoms with E-state index in [1.807, 2.05) is 23.6 Å². The quantitative estimate of drug-likeness (QED) is 0.781. The second-order valence-corrected chi connectivity index (χ2v) is 7.24. The van der Waals surface area contributed by atoms with Crippen LogP contribution < -0.4 is 4.90 Å². The number of aryl methyl sites for hydroxylation is 1. The number of phenols is 1. The van der Waals surface area contributed by atoms with Crippen LogP contribution in [-0.4, -0.2) is 33.1 Å². The van der Waals surface area contributed by atoms with Crippen LogP contribution in [0, 0.1) is 6.92 Å². The lowest BCUT2D eigenvalue weighted by molar-refractivity contribution is 0.476. The average molecular weight is 326 g/mol. The Morgan fingerprint density at radius 1 is 1.17 bits per heavy atom. The molecule has 1 N–H and O–H groups in total. The van der Waals surface area contributed by atoms with Crippen LogP contribution in [0.4, 0.5) is 5.82 Å². The van der Waals surface area contributed by atoms with Gasteiger partial charge in [0.1, 0.15) is 17.9 Å². The predicted octanol–water partition coefficient (Wildman–Crippen LogP) is 3.48. The van der Waals surface area contributed by atoms with Crippen molar-refractivity contribution in [1.82, 2.24) is 15.0 Å². The Bertz CT molecular complexity index is 839. The van der Waals surface area contributed by atoms with Gasteiger partial charge in [0.25, 0.3) is 0 Å². The molecular formula is C17H18N4OS. The van der Waals surface area contributed by atoms with Gasteiger partial charge in [-0.15, -0.1) is 11.3 Å². The number of phenolic OH excluding ortho intramolecular Hbond substituents is 1. The first-order chi connectivity index (χ1) is 11.2. The van der Waals surface area contributed by atoms with Crippen LogP contribution in [0.2, 0.25) is 0 Å². The van der Waals surface area contributed by atoms with Crippen LogP contribution in [0.15, 0.2) is 30.7 Å². The number of hydrogen-bond donors (Lipinski definition) is 1. The molecule has 2 aromatic heterocycles. The third-order valence-electron chi connectivity index (χ3n) is 4.38. The minimum Gasteiger partial charge on any atom is -0.508 e. The number of piperidine rings is 1. The molecule has 0 spiro atoms. The van der Waals surface area contributed by atoms with Crippen molar-refractivity contribution in [2.45, 2.75) is 25.7 Å². The maximum Gasteiger partial charge on any atom is 0.140 e. The zero-order valence-electron chi connectivity index (χ0n) is 12.9. The highest BCUT2D eigenvalue weighted by Gasteiger charge is 2.24. The summed E-state index contributed by atoms with van der Waals surface area (Å²) >= 11 is 1.81. The fraction of sp³-hybridized carbons (Fsp3) is 0.353. The molecule has 0 unspecified atom stereocenters. The van der Waals surface area contributed by atoms with E-state index in [1.165, 1.54) is 9.88 Å². The van der Waals surface area contributed by atoms with E-state index in [0.717, 1.165) is 42.7 Å². The second kappa shape index (κ2) is 5.77. The lowest BCUT2D eigenvalue weighted by atomic mass is 9.97. The number of nitrogens with zero attached hydrogens (tertiary/aromatic N) is 4. The van der Waals surface area contributed by atoms with Gasteiger partial charge in [0.05, 0.1) is 10.5 Å². The molecule has 1 aromatic carbocycles. The molecule has 3 aromatic rings. The molecule has 3 heterocycles. The van der Waals surface area contributed by atoms with Crippen molar-refractivity contribution >= 4 is 28.1 Å². The fourth-order valence-corrected chi connectivity index (χ4v) is 4.13. The van der Waals surface area contributed by atoms with Gasteiger partial charge in [0, 0.05) is 35.5 Å². The van der Waals surface area contributed by atoms with Gasteiger partial charge in [-0.05, 0) is 38.0 Å². The van der Waals surface area contributed by atoms with Crippen molar-refractivity contribution in [3.05, 3.63) is 40.6 Å². The number of anilines is 1. The molecule has 0 atom stereocenters. The van der Waals surface area contributed by atoms with Gasteiger partial charge in [-0.1, -0.05) is 0 Å². The van der Waals surface area contributed by atoms with Crippen LogP contribution in [0.3, 0.4) is 0 Å². The Kier molecular flexibility index (Phi) is 3.61. The monoisotopic (exact) mass is 326 g/mol. The lowest BCUT2D eigenvalue weighted by Gasteiger charge is -2.32. The van der Waals surface area contributed by atoms with E-state index < -0.39 is 0 Å². The molecule has 0 saturated carbocycles. The molecule has 4 rings (SSSR count). The van der Waals surface area contributed by atoms with Gasteiger partial charge in [-0.2, -0.15) is 0 Å². The van der Waals surface area contributed by atoms with Crippen LogP contribution in [0.25, 0.3) is 10.9 Å². The number of rotatable bonds is 2. The summed E-state index contributed by atoms with van der Waals surface area (Å²) in [6.07, 6.45) is 5.73. The minimum atomic E-state index is 0.252. The standard InChI is InChI=1S/C17H18N4OS/c1-11-9-18-17(23-11)12-4-6-21(7-5-12)16-14-8-13(22)2-3-15(14)19-10-20-16/h2-3,8-10,12,22H,4-7H2,1H3. The summed E-state index contributed by atoms with van der Waals surface area (Å²) < 4.78 is 0. The summed E-state index contributed by atoms with van der Waals surface area (Å²) in [6, 6.07) is 5.25. The summed E-state index contributed by atoms with van der Waals surface area (Å²) in [7, 11) is 0. The highest BCUT2D eigenvalue weighted by atomic mass is 32.1. The first-order valence-electron chi connectivity index (χ1n) is 7.82. The van der Waals surface area contributed by atoms with E-state index in [2.05, 4.69) is 26.8 Å². The summed E-state index contributed by atoms with van der Waals surface area (Å²) in [5.41, 5.74) is 0.866. The third kappa shape index (κ3) is 2.74. The Balaban J connectivity index is 1.58. The third-order valence-corrected chi connectivity index (χ3v) is 5.46. The summed E-state index contributed by atoms with van der Waals surface area (Å²) in [6.45, 7) is 4.01. The molecule has 1 fully saturated rings. The van der Waals surface area contributed by atoms with Gasteiger partial charge in [-0.25, -0.2) is 15.0 Å². The van der Waals surface area contributed by atoms with E-state index in [-0.39, 0.29) is 5.75 Å². The first kappa shape index (κ1) is 14.4. The van der Waals surface area contributed by atoms with Crippen molar-refractivity contribution in [1.29, 1.82) is 0 Å². The number of fused-ring (bicyclic) bond motifs is 1. The van der Waals surface area contributed by atoms with Crippen molar-refractivity contribution in [3.63, 3.8) is 0 Å². The molecule has 0 amide bonds.